The Morgan fingerprint density at radius 2 is 2.00 bits per heavy atom. The minimum atomic E-state index is -0.587. The molecule has 0 saturated carbocycles. The molecule has 196 valence electrons. The molecule has 7 nitrogen and oxygen atoms in total. The number of carbonyl (C=O) groups is 2. The molecule has 3 aliphatic heterocycles. The molecule has 2 amide bonds. The number of hydrogen-bond acceptors (Lipinski definition) is 5. The number of halogens is 2. The number of nitrogens with one attached hydrogen (secondary N) is 2. The number of likely N-dealkylation sites (N-methyl/N-ethyl adjacent to an activating group) is 1. The zero-order valence-corrected chi connectivity index (χ0v) is 20.9. The first-order chi connectivity index (χ1) is 17.8. The average Bonchev–Trinajstić information content (AvgIpc) is 3.18. The molecule has 3 unspecified atom stereocenters. The second-order valence-electron chi connectivity index (χ2n) is 9.98. The van der Waals surface area contributed by atoms with Crippen molar-refractivity contribution >= 4 is 11.8 Å². The van der Waals surface area contributed by atoms with E-state index in [0.29, 0.717) is 55.0 Å². The summed E-state index contributed by atoms with van der Waals surface area (Å²) in [6, 6.07) is 8.74. The van der Waals surface area contributed by atoms with Crippen LogP contribution in [0, 0.1) is 11.6 Å². The average molecular weight is 511 g/mol. The molecule has 3 atom stereocenters. The van der Waals surface area contributed by atoms with E-state index in [0.717, 1.165) is 31.1 Å². The van der Waals surface area contributed by atoms with Gasteiger partial charge in [-0.15, -0.1) is 0 Å². The molecule has 9 heteroatoms. The normalized spacial score (nSPS) is 24.2. The molecular weight excluding hydrogens is 478 g/mol. The second-order valence-corrected chi connectivity index (χ2v) is 9.98. The van der Waals surface area contributed by atoms with Crippen molar-refractivity contribution in [1.29, 1.82) is 0 Å². The smallest absolute Gasteiger partial charge is 0.255 e. The molecule has 2 N–H and O–H groups in total. The lowest BCUT2D eigenvalue weighted by Gasteiger charge is -2.39. The molecule has 2 saturated heterocycles. The molecule has 37 heavy (non-hydrogen) atoms. The van der Waals surface area contributed by atoms with Crippen molar-refractivity contribution in [2.24, 2.45) is 0 Å². The molecular formula is C28H32F2N4O3. The molecule has 5 rings (SSSR count). The first kappa shape index (κ1) is 25.4. The fraction of sp³-hybridized carbons (Fsp3) is 0.429. The van der Waals surface area contributed by atoms with Crippen LogP contribution >= 0.6 is 0 Å². The number of nitrogens with zero attached hydrogens (tertiary/aromatic N) is 2. The van der Waals surface area contributed by atoms with Crippen LogP contribution in [0.1, 0.15) is 47.7 Å². The van der Waals surface area contributed by atoms with E-state index in [1.165, 1.54) is 12.1 Å². The van der Waals surface area contributed by atoms with Gasteiger partial charge in [0.15, 0.2) is 0 Å². The van der Waals surface area contributed by atoms with E-state index in [9.17, 15) is 18.4 Å². The zero-order chi connectivity index (χ0) is 26.1. The van der Waals surface area contributed by atoms with Crippen LogP contribution in [0.2, 0.25) is 0 Å². The second kappa shape index (κ2) is 10.6. The number of hydrogen-bond donors (Lipinski definition) is 2. The predicted molar refractivity (Wildman–Crippen MR) is 135 cm³/mol. The van der Waals surface area contributed by atoms with Crippen molar-refractivity contribution in [1.82, 2.24) is 20.4 Å². The van der Waals surface area contributed by atoms with Crippen LogP contribution in [-0.2, 0) is 17.9 Å². The summed E-state index contributed by atoms with van der Waals surface area (Å²) in [6.07, 6.45) is 1.83. The Morgan fingerprint density at radius 3 is 2.76 bits per heavy atom. The maximum absolute atomic E-state index is 14.2. The minimum Gasteiger partial charge on any atom is -0.487 e. The van der Waals surface area contributed by atoms with E-state index in [2.05, 4.69) is 22.1 Å². The number of allylic oxidation sites excluding steroid dienone is 1. The molecule has 0 aromatic heterocycles. The van der Waals surface area contributed by atoms with Crippen LogP contribution in [0.5, 0.6) is 5.75 Å². The Morgan fingerprint density at radius 1 is 1.16 bits per heavy atom. The largest absolute Gasteiger partial charge is 0.487 e. The van der Waals surface area contributed by atoms with Crippen LogP contribution in [0.4, 0.5) is 8.78 Å². The fourth-order valence-electron chi connectivity index (χ4n) is 5.51. The van der Waals surface area contributed by atoms with Crippen molar-refractivity contribution in [2.45, 2.75) is 57.5 Å². The molecule has 2 aromatic carbocycles. The summed E-state index contributed by atoms with van der Waals surface area (Å²) in [4.78, 5) is 29.2. The monoisotopic (exact) mass is 510 g/mol. The highest BCUT2D eigenvalue weighted by Crippen LogP contribution is 2.32. The number of rotatable bonds is 7. The van der Waals surface area contributed by atoms with Gasteiger partial charge in [-0.25, -0.2) is 8.78 Å². The predicted octanol–water partition coefficient (Wildman–Crippen LogP) is 3.34. The van der Waals surface area contributed by atoms with E-state index in [1.54, 1.807) is 17.0 Å². The molecule has 0 aliphatic carbocycles. The molecule has 0 radical (unpaired) electrons. The standard InChI is InChI=1S/C28H32F2N4O3/c1-3-31-24-10-11-33(14-18-5-6-20(29)13-23(18)30)16-26(24)37-21-7-8-22-19(12-21)15-34(28(22)36)25-9-4-17(2)32-27(25)35/h5-8,12-13,24-26,31H,2-4,9-11,14-16H2,1H3,(H,32,35). The Labute approximate surface area is 215 Å². The van der Waals surface area contributed by atoms with Crippen molar-refractivity contribution in [2.75, 3.05) is 19.6 Å². The van der Waals surface area contributed by atoms with E-state index < -0.39 is 17.7 Å². The molecule has 2 aromatic rings. The summed E-state index contributed by atoms with van der Waals surface area (Å²) >= 11 is 0. The van der Waals surface area contributed by atoms with Crippen LogP contribution in [0.25, 0.3) is 0 Å². The van der Waals surface area contributed by atoms with Gasteiger partial charge >= 0.3 is 0 Å². The van der Waals surface area contributed by atoms with E-state index in [1.807, 2.05) is 13.0 Å². The number of amides is 2. The highest BCUT2D eigenvalue weighted by atomic mass is 19.1. The van der Waals surface area contributed by atoms with E-state index >= 15 is 0 Å². The number of piperidine rings is 2. The van der Waals surface area contributed by atoms with E-state index in [4.69, 9.17) is 4.74 Å². The SMILES string of the molecule is C=C1CCC(N2Cc3cc(OC4CN(Cc5ccc(F)cc5F)CCC4NCC)ccc3C2=O)C(=O)N1. The molecule has 0 spiro atoms. The van der Waals surface area contributed by atoms with Gasteiger partial charge < -0.3 is 20.3 Å². The summed E-state index contributed by atoms with van der Waals surface area (Å²) in [7, 11) is 0. The zero-order valence-electron chi connectivity index (χ0n) is 20.9. The van der Waals surface area contributed by atoms with Crippen LogP contribution in [-0.4, -0.2) is 59.4 Å². The topological polar surface area (TPSA) is 73.9 Å². The lowest BCUT2D eigenvalue weighted by molar-refractivity contribution is -0.126. The summed E-state index contributed by atoms with van der Waals surface area (Å²) < 4.78 is 34.0. The molecule has 0 bridgehead atoms. The van der Waals surface area contributed by atoms with Crippen molar-refractivity contribution in [3.8, 4) is 5.75 Å². The van der Waals surface area contributed by atoms with Gasteiger partial charge in [-0.05, 0) is 55.6 Å². The van der Waals surface area contributed by atoms with Crippen molar-refractivity contribution in [3.05, 3.63) is 77.0 Å². The fourth-order valence-corrected chi connectivity index (χ4v) is 5.51. The summed E-state index contributed by atoms with van der Waals surface area (Å²) in [6.45, 7) is 8.71. The first-order valence-corrected chi connectivity index (χ1v) is 12.8. The Kier molecular flexibility index (Phi) is 7.26. The van der Waals surface area contributed by atoms with Crippen LogP contribution in [0.3, 0.4) is 0 Å². The lowest BCUT2D eigenvalue weighted by Crippen LogP contribution is -2.54. The van der Waals surface area contributed by atoms with Gasteiger partial charge in [-0.2, -0.15) is 0 Å². The first-order valence-electron chi connectivity index (χ1n) is 12.8. The third-order valence-electron chi connectivity index (χ3n) is 7.41. The van der Waals surface area contributed by atoms with Crippen LogP contribution < -0.4 is 15.4 Å². The Bertz CT molecular complexity index is 1220. The van der Waals surface area contributed by atoms with Gasteiger partial charge in [0.25, 0.3) is 5.91 Å². The minimum absolute atomic E-state index is 0.115. The van der Waals surface area contributed by atoms with Crippen molar-refractivity contribution < 1.29 is 23.1 Å². The van der Waals surface area contributed by atoms with E-state index in [-0.39, 0.29) is 24.0 Å². The van der Waals surface area contributed by atoms with Crippen LogP contribution in [0.15, 0.2) is 48.7 Å². The quantitative estimate of drug-likeness (QED) is 0.598. The summed E-state index contributed by atoms with van der Waals surface area (Å²) in [5.74, 6) is -0.823. The van der Waals surface area contributed by atoms with Gasteiger partial charge in [0.2, 0.25) is 5.91 Å². The maximum atomic E-state index is 14.2. The Hall–Kier alpha value is -3.30. The summed E-state index contributed by atoms with van der Waals surface area (Å²) in [5, 5.41) is 6.24. The third-order valence-corrected chi connectivity index (χ3v) is 7.41. The highest BCUT2D eigenvalue weighted by molar-refractivity contribution is 6.01. The van der Waals surface area contributed by atoms with Gasteiger partial charge in [0.05, 0.1) is 0 Å². The van der Waals surface area contributed by atoms with Gasteiger partial charge in [0, 0.05) is 55.1 Å². The number of likely N-dealkylation sites (tertiary alicyclic amines) is 1. The number of benzene rings is 2. The van der Waals surface area contributed by atoms with Gasteiger partial charge in [-0.1, -0.05) is 19.6 Å². The third kappa shape index (κ3) is 5.38. The molecule has 3 aliphatic rings. The van der Waals surface area contributed by atoms with Crippen molar-refractivity contribution in [3.63, 3.8) is 0 Å². The number of ether oxygens (including phenoxy) is 1. The Balaban J connectivity index is 1.29. The molecule has 2 fully saturated rings. The van der Waals surface area contributed by atoms with Gasteiger partial charge in [0.1, 0.15) is 29.5 Å². The lowest BCUT2D eigenvalue weighted by atomic mass is 10.0. The number of carbonyl (C=O) groups excluding carboxylic acids is 2. The maximum Gasteiger partial charge on any atom is 0.255 e. The van der Waals surface area contributed by atoms with Gasteiger partial charge in [-0.3, -0.25) is 14.5 Å². The molecule has 3 heterocycles. The highest BCUT2D eigenvalue weighted by Gasteiger charge is 2.38. The summed E-state index contributed by atoms with van der Waals surface area (Å²) in [5.41, 5.74) is 2.55. The number of fused-ring (bicyclic) bond motifs is 1.